The van der Waals surface area contributed by atoms with Crippen LogP contribution in [0.5, 0.6) is 17.4 Å². The summed E-state index contributed by atoms with van der Waals surface area (Å²) in [6, 6.07) is 11.8. The lowest BCUT2D eigenvalue weighted by Crippen LogP contribution is -1.86. The van der Waals surface area contributed by atoms with Crippen molar-refractivity contribution in [2.75, 3.05) is 0 Å². The highest BCUT2D eigenvalue weighted by atomic mass is 16.5. The van der Waals surface area contributed by atoms with E-state index >= 15 is 0 Å². The Kier molecular flexibility index (Phi) is 2.32. The average molecular weight is 186 g/mol. The van der Waals surface area contributed by atoms with Crippen LogP contribution in [0.2, 0.25) is 0 Å². The molecule has 0 amide bonds. The number of nitrogens with zero attached hydrogens (tertiary/aromatic N) is 1. The third kappa shape index (κ3) is 1.82. The van der Waals surface area contributed by atoms with Gasteiger partial charge in [-0.3, -0.25) is 5.11 Å². The summed E-state index contributed by atoms with van der Waals surface area (Å²) in [6.07, 6.45) is 1.61. The van der Waals surface area contributed by atoms with Gasteiger partial charge in [-0.05, 0) is 18.2 Å². The van der Waals surface area contributed by atoms with Gasteiger partial charge in [0.2, 0.25) is 11.6 Å². The Morgan fingerprint density at radius 3 is 2.50 bits per heavy atom. The minimum Gasteiger partial charge on any atom is -0.435 e. The Balaban J connectivity index is 2.24. The zero-order valence-corrected chi connectivity index (χ0v) is 7.38. The van der Waals surface area contributed by atoms with E-state index in [1.54, 1.807) is 42.6 Å². The maximum atomic E-state index is 11.3. The molecule has 0 N–H and O–H groups in total. The molecule has 2 rings (SSSR count). The third-order valence-electron chi connectivity index (χ3n) is 1.70. The van der Waals surface area contributed by atoms with Crippen molar-refractivity contribution < 1.29 is 9.84 Å². The van der Waals surface area contributed by atoms with Crippen LogP contribution in [0.1, 0.15) is 0 Å². The molecule has 0 fully saturated rings. The highest BCUT2D eigenvalue weighted by molar-refractivity contribution is 5.39. The number of rotatable bonds is 2. The van der Waals surface area contributed by atoms with Crippen LogP contribution in [0.15, 0.2) is 48.7 Å². The summed E-state index contributed by atoms with van der Waals surface area (Å²) >= 11 is 0. The molecule has 0 bridgehead atoms. The number of hydrogen-bond donors (Lipinski definition) is 0. The van der Waals surface area contributed by atoms with Crippen molar-refractivity contribution in [3.8, 4) is 17.4 Å². The molecule has 0 saturated heterocycles. The first-order valence-electron chi connectivity index (χ1n) is 4.21. The molecule has 0 aliphatic carbocycles. The summed E-state index contributed by atoms with van der Waals surface area (Å²) in [5.74, 6) is 0.583. The molecule has 1 aromatic heterocycles. The number of aromatic nitrogens is 1. The van der Waals surface area contributed by atoms with E-state index in [2.05, 4.69) is 4.98 Å². The van der Waals surface area contributed by atoms with Crippen molar-refractivity contribution >= 4 is 0 Å². The van der Waals surface area contributed by atoms with Crippen LogP contribution in [0.25, 0.3) is 0 Å². The second-order valence-electron chi connectivity index (χ2n) is 2.72. The first-order chi connectivity index (χ1) is 6.86. The highest BCUT2D eigenvalue weighted by Crippen LogP contribution is 2.28. The monoisotopic (exact) mass is 186 g/mol. The van der Waals surface area contributed by atoms with Crippen molar-refractivity contribution in [2.24, 2.45) is 0 Å². The van der Waals surface area contributed by atoms with E-state index in [0.717, 1.165) is 0 Å². The second-order valence-corrected chi connectivity index (χ2v) is 2.72. The molecule has 0 unspecified atom stereocenters. The Labute approximate surface area is 81.6 Å². The van der Waals surface area contributed by atoms with E-state index in [4.69, 9.17) is 4.74 Å². The summed E-state index contributed by atoms with van der Waals surface area (Å²) in [5.41, 5.74) is 0. The summed E-state index contributed by atoms with van der Waals surface area (Å²) in [7, 11) is 0. The Morgan fingerprint density at radius 1 is 1.00 bits per heavy atom. The van der Waals surface area contributed by atoms with E-state index in [1.165, 1.54) is 6.07 Å². The lowest BCUT2D eigenvalue weighted by molar-refractivity contribution is 0.326. The largest absolute Gasteiger partial charge is 0.435 e. The Hall–Kier alpha value is -2.03. The minimum atomic E-state index is -0.141. The predicted molar refractivity (Wildman–Crippen MR) is 50.9 cm³/mol. The van der Waals surface area contributed by atoms with Gasteiger partial charge in [-0.15, -0.1) is 0 Å². The maximum Gasteiger partial charge on any atom is 0.221 e. The Bertz CT molecular complexity index is 415. The smallest absolute Gasteiger partial charge is 0.221 e. The van der Waals surface area contributed by atoms with Gasteiger partial charge in [0.25, 0.3) is 0 Å². The van der Waals surface area contributed by atoms with E-state index in [9.17, 15) is 5.11 Å². The van der Waals surface area contributed by atoms with Gasteiger partial charge in [0.05, 0.1) is 0 Å². The van der Waals surface area contributed by atoms with Crippen molar-refractivity contribution in [3.63, 3.8) is 0 Å². The second kappa shape index (κ2) is 3.79. The van der Waals surface area contributed by atoms with Crippen molar-refractivity contribution in [1.82, 2.24) is 4.98 Å². The number of para-hydroxylation sites is 2. The van der Waals surface area contributed by atoms with Gasteiger partial charge in [-0.1, -0.05) is 18.2 Å². The zero-order chi connectivity index (χ0) is 9.80. The quantitative estimate of drug-likeness (QED) is 0.723. The average Bonchev–Trinajstić information content (AvgIpc) is 2.23. The highest BCUT2D eigenvalue weighted by Gasteiger charge is 2.03. The van der Waals surface area contributed by atoms with Crippen molar-refractivity contribution in [1.29, 1.82) is 0 Å². The lowest BCUT2D eigenvalue weighted by atomic mass is 10.3. The molecule has 3 nitrogen and oxygen atoms in total. The van der Waals surface area contributed by atoms with E-state index in [0.29, 0.717) is 11.6 Å². The molecule has 0 atom stereocenters. The molecule has 1 aromatic carbocycles. The van der Waals surface area contributed by atoms with Crippen molar-refractivity contribution in [2.45, 2.75) is 0 Å². The van der Waals surface area contributed by atoms with Crippen molar-refractivity contribution in [3.05, 3.63) is 48.7 Å². The molecule has 0 aliphatic heterocycles. The summed E-state index contributed by atoms with van der Waals surface area (Å²) in [4.78, 5) is 3.95. The first-order valence-corrected chi connectivity index (χ1v) is 4.21. The zero-order valence-electron chi connectivity index (χ0n) is 7.38. The predicted octanol–water partition coefficient (Wildman–Crippen LogP) is 3.02. The van der Waals surface area contributed by atoms with Crippen LogP contribution in [0.3, 0.4) is 0 Å². The molecule has 1 radical (unpaired) electrons. The normalized spacial score (nSPS) is 9.71. The molecule has 0 saturated carbocycles. The summed E-state index contributed by atoms with van der Waals surface area (Å²) < 4.78 is 5.29. The summed E-state index contributed by atoms with van der Waals surface area (Å²) in [6.45, 7) is 0. The van der Waals surface area contributed by atoms with Gasteiger partial charge in [0, 0.05) is 12.3 Å². The molecule has 3 heteroatoms. The van der Waals surface area contributed by atoms with Crippen LogP contribution in [-0.2, 0) is 5.11 Å². The fourth-order valence-corrected chi connectivity index (χ4v) is 1.05. The van der Waals surface area contributed by atoms with E-state index in [1.807, 2.05) is 0 Å². The topological polar surface area (TPSA) is 42.0 Å². The van der Waals surface area contributed by atoms with Crippen LogP contribution < -0.4 is 4.74 Å². The third-order valence-corrected chi connectivity index (χ3v) is 1.70. The number of pyridine rings is 1. The maximum absolute atomic E-state index is 11.3. The van der Waals surface area contributed by atoms with Crippen LogP contribution in [0, 0.1) is 0 Å². The van der Waals surface area contributed by atoms with Gasteiger partial charge in [-0.2, -0.15) is 0 Å². The van der Waals surface area contributed by atoms with Gasteiger partial charge >= 0.3 is 0 Å². The first kappa shape index (κ1) is 8.56. The molecule has 69 valence electrons. The molecule has 0 spiro atoms. The summed E-state index contributed by atoms with van der Waals surface area (Å²) in [5, 5.41) is 11.3. The molecule has 2 aromatic rings. The lowest BCUT2D eigenvalue weighted by Gasteiger charge is -2.03. The minimum absolute atomic E-state index is 0.141. The number of benzene rings is 1. The molecule has 1 heterocycles. The van der Waals surface area contributed by atoms with Crippen LogP contribution in [0.4, 0.5) is 0 Å². The molecule has 0 aliphatic rings. The number of ether oxygens (including phenoxy) is 1. The van der Waals surface area contributed by atoms with E-state index < -0.39 is 0 Å². The molecular formula is C11H8NO2. The Morgan fingerprint density at radius 2 is 1.79 bits per heavy atom. The molecular weight excluding hydrogens is 178 g/mol. The van der Waals surface area contributed by atoms with E-state index in [-0.39, 0.29) is 5.75 Å². The van der Waals surface area contributed by atoms with Gasteiger partial charge in [-0.25, -0.2) is 4.98 Å². The SMILES string of the molecule is [O]c1ccccc1Oc1ccccn1. The van der Waals surface area contributed by atoms with Crippen LogP contribution >= 0.6 is 0 Å². The fraction of sp³-hybridized carbons (Fsp3) is 0. The molecule has 14 heavy (non-hydrogen) atoms. The van der Waals surface area contributed by atoms with Crippen LogP contribution in [-0.4, -0.2) is 4.98 Å². The van der Waals surface area contributed by atoms with Gasteiger partial charge < -0.3 is 4.74 Å². The standard InChI is InChI=1S/C11H8NO2/c13-9-5-1-2-6-10(9)14-11-7-3-4-8-12-11/h1-8H. The van der Waals surface area contributed by atoms with Gasteiger partial charge in [0.1, 0.15) is 0 Å². The van der Waals surface area contributed by atoms with Gasteiger partial charge in [0.15, 0.2) is 5.75 Å². The number of hydrogen-bond acceptors (Lipinski definition) is 2. The fourth-order valence-electron chi connectivity index (χ4n) is 1.05.